The summed E-state index contributed by atoms with van der Waals surface area (Å²) in [5.74, 6) is 0. The van der Waals surface area contributed by atoms with Crippen LogP contribution >= 0.6 is 0 Å². The smallest absolute Gasteiger partial charge is 0.175 e. The fraction of sp³-hybridized carbons (Fsp3) is 0.111. The second-order valence-electron chi connectivity index (χ2n) is 2.80. The summed E-state index contributed by atoms with van der Waals surface area (Å²) < 4.78 is 22.2. The second-order valence-corrected chi connectivity index (χ2v) is 4.81. The van der Waals surface area contributed by atoms with E-state index in [1.807, 2.05) is 0 Å². The van der Waals surface area contributed by atoms with Crippen LogP contribution in [-0.4, -0.2) is 27.2 Å². The summed E-state index contributed by atoms with van der Waals surface area (Å²) >= 11 is 0. The molecule has 0 heterocycles. The first-order chi connectivity index (χ1) is 6.49. The Morgan fingerprint density at radius 1 is 1.07 bits per heavy atom. The molecule has 74 valence electrons. The summed E-state index contributed by atoms with van der Waals surface area (Å²) in [6, 6.07) is 3.80. The fourth-order valence-electron chi connectivity index (χ4n) is 0.993. The number of aldehydes is 2. The van der Waals surface area contributed by atoms with E-state index >= 15 is 0 Å². The number of hydrogen-bond donors (Lipinski definition) is 0. The molecule has 0 saturated heterocycles. The van der Waals surface area contributed by atoms with Gasteiger partial charge in [-0.05, 0) is 18.2 Å². The third-order valence-electron chi connectivity index (χ3n) is 1.74. The van der Waals surface area contributed by atoms with Crippen LogP contribution in [0.15, 0.2) is 23.1 Å². The van der Waals surface area contributed by atoms with Crippen molar-refractivity contribution in [2.75, 3.05) is 6.26 Å². The number of hydrogen-bond acceptors (Lipinski definition) is 4. The van der Waals surface area contributed by atoms with Gasteiger partial charge < -0.3 is 0 Å². The topological polar surface area (TPSA) is 68.3 Å². The largest absolute Gasteiger partial charge is 0.298 e. The molecule has 0 atom stereocenters. The summed E-state index contributed by atoms with van der Waals surface area (Å²) in [7, 11) is -3.34. The zero-order valence-electron chi connectivity index (χ0n) is 7.43. The van der Waals surface area contributed by atoms with Crippen LogP contribution in [0, 0.1) is 0 Å². The standard InChI is InChI=1S/C9H8O4S/c1-14(12,13)9-3-2-7(5-10)8(4-9)6-11/h2-6H,1H3. The quantitative estimate of drug-likeness (QED) is 0.692. The van der Waals surface area contributed by atoms with Crippen LogP contribution in [0.1, 0.15) is 20.7 Å². The van der Waals surface area contributed by atoms with Crippen molar-refractivity contribution in [2.45, 2.75) is 4.90 Å². The lowest BCUT2D eigenvalue weighted by atomic mass is 10.1. The summed E-state index contributed by atoms with van der Waals surface area (Å²) in [6.07, 6.45) is 2.01. The maximum Gasteiger partial charge on any atom is 0.175 e. The van der Waals surface area contributed by atoms with E-state index in [-0.39, 0.29) is 16.0 Å². The van der Waals surface area contributed by atoms with Crippen molar-refractivity contribution < 1.29 is 18.0 Å². The van der Waals surface area contributed by atoms with Gasteiger partial charge in [0, 0.05) is 17.4 Å². The first kappa shape index (κ1) is 10.6. The predicted molar refractivity (Wildman–Crippen MR) is 50.3 cm³/mol. The third kappa shape index (κ3) is 2.05. The molecular weight excluding hydrogens is 204 g/mol. The van der Waals surface area contributed by atoms with Gasteiger partial charge in [-0.3, -0.25) is 9.59 Å². The van der Waals surface area contributed by atoms with Gasteiger partial charge in [-0.1, -0.05) is 0 Å². The summed E-state index contributed by atoms with van der Waals surface area (Å²) in [5.41, 5.74) is 0.273. The zero-order chi connectivity index (χ0) is 10.8. The summed E-state index contributed by atoms with van der Waals surface area (Å²) in [6.45, 7) is 0. The molecule has 0 unspecified atom stereocenters. The first-order valence-electron chi connectivity index (χ1n) is 3.73. The first-order valence-corrected chi connectivity index (χ1v) is 5.62. The third-order valence-corrected chi connectivity index (χ3v) is 2.85. The average Bonchev–Trinajstić information content (AvgIpc) is 2.15. The van der Waals surface area contributed by atoms with Crippen LogP contribution in [0.25, 0.3) is 0 Å². The van der Waals surface area contributed by atoms with Crippen LogP contribution in [-0.2, 0) is 9.84 Å². The Morgan fingerprint density at radius 3 is 2.07 bits per heavy atom. The lowest BCUT2D eigenvalue weighted by Gasteiger charge is -2.00. The Kier molecular flexibility index (Phi) is 2.81. The minimum atomic E-state index is -3.34. The van der Waals surface area contributed by atoms with Gasteiger partial charge in [-0.2, -0.15) is 0 Å². The number of rotatable bonds is 3. The molecule has 1 aromatic carbocycles. The molecule has 0 N–H and O–H groups in total. The van der Waals surface area contributed by atoms with Gasteiger partial charge in [0.25, 0.3) is 0 Å². The number of carbonyl (C=O) groups excluding carboxylic acids is 2. The molecule has 0 radical (unpaired) electrons. The molecule has 0 aliphatic heterocycles. The highest BCUT2D eigenvalue weighted by atomic mass is 32.2. The van der Waals surface area contributed by atoms with Crippen LogP contribution in [0.4, 0.5) is 0 Å². The van der Waals surface area contributed by atoms with E-state index < -0.39 is 9.84 Å². The molecule has 0 fully saturated rings. The normalized spacial score (nSPS) is 10.9. The fourth-order valence-corrected chi connectivity index (χ4v) is 1.65. The van der Waals surface area contributed by atoms with Crippen molar-refractivity contribution in [3.63, 3.8) is 0 Å². The van der Waals surface area contributed by atoms with Crippen molar-refractivity contribution >= 4 is 22.4 Å². The molecule has 0 aromatic heterocycles. The highest BCUT2D eigenvalue weighted by molar-refractivity contribution is 7.90. The van der Waals surface area contributed by atoms with E-state index in [1.54, 1.807) is 0 Å². The van der Waals surface area contributed by atoms with Crippen molar-refractivity contribution in [1.29, 1.82) is 0 Å². The highest BCUT2D eigenvalue weighted by Gasteiger charge is 2.09. The van der Waals surface area contributed by atoms with Crippen molar-refractivity contribution in [2.24, 2.45) is 0 Å². The van der Waals surface area contributed by atoms with Crippen LogP contribution in [0.3, 0.4) is 0 Å². The maximum absolute atomic E-state index is 11.1. The van der Waals surface area contributed by atoms with Crippen molar-refractivity contribution in [3.05, 3.63) is 29.3 Å². The van der Waals surface area contributed by atoms with E-state index in [1.165, 1.54) is 18.2 Å². The van der Waals surface area contributed by atoms with Gasteiger partial charge in [0.05, 0.1) is 4.90 Å². The molecule has 1 rings (SSSR count). The summed E-state index contributed by atoms with van der Waals surface area (Å²) in [5, 5.41) is 0. The monoisotopic (exact) mass is 212 g/mol. The molecule has 0 saturated carbocycles. The Morgan fingerprint density at radius 2 is 1.64 bits per heavy atom. The van der Waals surface area contributed by atoms with Crippen molar-refractivity contribution in [1.82, 2.24) is 0 Å². The molecule has 0 spiro atoms. The lowest BCUT2D eigenvalue weighted by Crippen LogP contribution is -2.00. The van der Waals surface area contributed by atoms with Gasteiger partial charge in [0.2, 0.25) is 0 Å². The molecular formula is C9H8O4S. The van der Waals surface area contributed by atoms with Gasteiger partial charge >= 0.3 is 0 Å². The minimum Gasteiger partial charge on any atom is -0.298 e. The number of carbonyl (C=O) groups is 2. The SMILES string of the molecule is CS(=O)(=O)c1ccc(C=O)c(C=O)c1. The van der Waals surface area contributed by atoms with E-state index in [2.05, 4.69) is 0 Å². The molecule has 0 aliphatic carbocycles. The second kappa shape index (κ2) is 3.71. The predicted octanol–water partition coefficient (Wildman–Crippen LogP) is 0.715. The highest BCUT2D eigenvalue weighted by Crippen LogP contribution is 2.13. The maximum atomic E-state index is 11.1. The van der Waals surface area contributed by atoms with Crippen LogP contribution in [0.2, 0.25) is 0 Å². The molecule has 14 heavy (non-hydrogen) atoms. The van der Waals surface area contributed by atoms with E-state index in [9.17, 15) is 18.0 Å². The van der Waals surface area contributed by atoms with E-state index in [0.29, 0.717) is 12.6 Å². The van der Waals surface area contributed by atoms with Crippen LogP contribution in [0.5, 0.6) is 0 Å². The van der Waals surface area contributed by atoms with Crippen molar-refractivity contribution in [3.8, 4) is 0 Å². The van der Waals surface area contributed by atoms with E-state index in [0.717, 1.165) is 6.26 Å². The molecule has 0 aliphatic rings. The molecule has 0 bridgehead atoms. The summed E-state index contributed by atoms with van der Waals surface area (Å²) in [4.78, 5) is 21.0. The van der Waals surface area contributed by atoms with E-state index in [4.69, 9.17) is 0 Å². The minimum absolute atomic E-state index is 0.0326. The Labute approximate surface area is 81.5 Å². The average molecular weight is 212 g/mol. The van der Waals surface area contributed by atoms with Gasteiger partial charge in [-0.25, -0.2) is 8.42 Å². The molecule has 0 amide bonds. The Balaban J connectivity index is 3.42. The number of benzene rings is 1. The van der Waals surface area contributed by atoms with Crippen LogP contribution < -0.4 is 0 Å². The Hall–Kier alpha value is -1.49. The number of sulfone groups is 1. The Bertz CT molecular complexity index is 474. The van der Waals surface area contributed by atoms with Gasteiger partial charge in [-0.15, -0.1) is 0 Å². The lowest BCUT2D eigenvalue weighted by molar-refractivity contribution is 0.109. The van der Waals surface area contributed by atoms with Gasteiger partial charge in [0.1, 0.15) is 0 Å². The van der Waals surface area contributed by atoms with Gasteiger partial charge in [0.15, 0.2) is 22.4 Å². The molecule has 1 aromatic rings. The molecule has 5 heteroatoms. The molecule has 4 nitrogen and oxygen atoms in total. The zero-order valence-corrected chi connectivity index (χ0v) is 8.24.